The van der Waals surface area contributed by atoms with Gasteiger partial charge in [0.1, 0.15) is 5.54 Å². The highest BCUT2D eigenvalue weighted by atomic mass is 32.2. The normalized spacial score (nSPS) is 17.2. The van der Waals surface area contributed by atoms with E-state index in [1.54, 1.807) is 31.5 Å². The smallest absolute Gasteiger partial charge is 0.250 e. The number of pyridine rings is 1. The van der Waals surface area contributed by atoms with Crippen molar-refractivity contribution in [3.8, 4) is 0 Å². The summed E-state index contributed by atoms with van der Waals surface area (Å²) < 4.78 is 25.8. The van der Waals surface area contributed by atoms with Crippen molar-refractivity contribution in [2.45, 2.75) is 25.3 Å². The van der Waals surface area contributed by atoms with Gasteiger partial charge < -0.3 is 10.6 Å². The van der Waals surface area contributed by atoms with Crippen molar-refractivity contribution in [2.24, 2.45) is 0 Å². The Kier molecular flexibility index (Phi) is 5.76. The van der Waals surface area contributed by atoms with E-state index in [2.05, 4.69) is 15.6 Å². The molecule has 3 rings (SSSR count). The van der Waals surface area contributed by atoms with Crippen LogP contribution in [0, 0.1) is 0 Å². The summed E-state index contributed by atoms with van der Waals surface area (Å²) in [6.07, 6.45) is 3.99. The highest BCUT2D eigenvalue weighted by molar-refractivity contribution is 7.89. The number of amides is 1. The van der Waals surface area contributed by atoms with Gasteiger partial charge in [0.05, 0.1) is 17.6 Å². The molecule has 0 unspecified atom stereocenters. The van der Waals surface area contributed by atoms with Crippen LogP contribution >= 0.6 is 0 Å². The lowest BCUT2D eigenvalue weighted by Crippen LogP contribution is -2.57. The molecule has 0 saturated carbocycles. The summed E-state index contributed by atoms with van der Waals surface area (Å²) in [5.74, 6) is -0.124. The number of benzene rings is 1. The summed E-state index contributed by atoms with van der Waals surface area (Å²) in [4.78, 5) is 17.2. The SMILES string of the molecule is CCS(=O)(=O)N1CCC(Nc2ccccc2)(C(=O)Nc2cccnc2)CC1. The summed E-state index contributed by atoms with van der Waals surface area (Å²) >= 11 is 0. The lowest BCUT2D eigenvalue weighted by Gasteiger charge is -2.41. The average Bonchev–Trinajstić information content (AvgIpc) is 2.70. The van der Waals surface area contributed by atoms with Gasteiger partial charge in [0.2, 0.25) is 15.9 Å². The lowest BCUT2D eigenvalue weighted by molar-refractivity contribution is -0.121. The van der Waals surface area contributed by atoms with Crippen LogP contribution in [-0.2, 0) is 14.8 Å². The molecule has 8 heteroatoms. The second-order valence-electron chi connectivity index (χ2n) is 6.57. The van der Waals surface area contributed by atoms with Gasteiger partial charge in [-0.05, 0) is 44.0 Å². The summed E-state index contributed by atoms with van der Waals surface area (Å²) in [7, 11) is -3.27. The number of rotatable bonds is 6. The van der Waals surface area contributed by atoms with E-state index in [0.29, 0.717) is 31.6 Å². The summed E-state index contributed by atoms with van der Waals surface area (Å²) in [6, 6.07) is 13.0. The van der Waals surface area contributed by atoms with Gasteiger partial charge in [-0.2, -0.15) is 0 Å². The maximum Gasteiger partial charge on any atom is 0.250 e. The van der Waals surface area contributed by atoms with Gasteiger partial charge in [-0.15, -0.1) is 0 Å². The third kappa shape index (κ3) is 4.45. The van der Waals surface area contributed by atoms with E-state index < -0.39 is 15.6 Å². The third-order valence-corrected chi connectivity index (χ3v) is 6.73. The van der Waals surface area contributed by atoms with Crippen LogP contribution in [-0.4, -0.2) is 48.0 Å². The number of aromatic nitrogens is 1. The minimum Gasteiger partial charge on any atom is -0.371 e. The van der Waals surface area contributed by atoms with Crippen molar-refractivity contribution in [3.63, 3.8) is 0 Å². The third-order valence-electron chi connectivity index (χ3n) is 4.85. The molecule has 0 spiro atoms. The van der Waals surface area contributed by atoms with E-state index >= 15 is 0 Å². The number of carbonyl (C=O) groups is 1. The number of para-hydroxylation sites is 1. The monoisotopic (exact) mass is 388 g/mol. The first-order valence-electron chi connectivity index (χ1n) is 8.98. The fourth-order valence-electron chi connectivity index (χ4n) is 3.22. The average molecular weight is 388 g/mol. The Balaban J connectivity index is 1.83. The van der Waals surface area contributed by atoms with E-state index in [1.165, 1.54) is 4.31 Å². The molecular formula is C19H24N4O3S. The molecular weight excluding hydrogens is 364 g/mol. The van der Waals surface area contributed by atoms with Crippen molar-refractivity contribution in [2.75, 3.05) is 29.5 Å². The van der Waals surface area contributed by atoms with Gasteiger partial charge in [-0.1, -0.05) is 18.2 Å². The summed E-state index contributed by atoms with van der Waals surface area (Å²) in [5.41, 5.74) is 0.544. The van der Waals surface area contributed by atoms with Crippen molar-refractivity contribution in [1.29, 1.82) is 0 Å². The molecule has 1 aliphatic heterocycles. The topological polar surface area (TPSA) is 91.4 Å². The highest BCUT2D eigenvalue weighted by Crippen LogP contribution is 2.30. The highest BCUT2D eigenvalue weighted by Gasteiger charge is 2.43. The predicted octanol–water partition coefficient (Wildman–Crippen LogP) is 2.32. The second-order valence-corrected chi connectivity index (χ2v) is 8.83. The van der Waals surface area contributed by atoms with Gasteiger partial charge >= 0.3 is 0 Å². The number of nitrogens with one attached hydrogen (secondary N) is 2. The Hall–Kier alpha value is -2.45. The molecule has 0 bridgehead atoms. The molecule has 2 N–H and O–H groups in total. The number of sulfonamides is 1. The molecule has 0 atom stereocenters. The van der Waals surface area contributed by atoms with E-state index in [-0.39, 0.29) is 11.7 Å². The fraction of sp³-hybridized carbons (Fsp3) is 0.368. The summed E-state index contributed by atoms with van der Waals surface area (Å²) in [5, 5.41) is 6.26. The molecule has 1 fully saturated rings. The van der Waals surface area contributed by atoms with Gasteiger partial charge in [-0.3, -0.25) is 9.78 Å². The van der Waals surface area contributed by atoms with Crippen molar-refractivity contribution in [1.82, 2.24) is 9.29 Å². The zero-order chi connectivity index (χ0) is 19.3. The van der Waals surface area contributed by atoms with Gasteiger partial charge in [0.25, 0.3) is 0 Å². The number of piperidine rings is 1. The van der Waals surface area contributed by atoms with Crippen molar-refractivity contribution >= 4 is 27.3 Å². The Morgan fingerprint density at radius 1 is 1.11 bits per heavy atom. The Morgan fingerprint density at radius 2 is 1.78 bits per heavy atom. The predicted molar refractivity (Wildman–Crippen MR) is 106 cm³/mol. The van der Waals surface area contributed by atoms with Gasteiger partial charge in [0, 0.05) is 25.0 Å². The molecule has 27 heavy (non-hydrogen) atoms. The maximum absolute atomic E-state index is 13.2. The molecule has 1 saturated heterocycles. The minimum atomic E-state index is -3.27. The molecule has 2 aromatic rings. The minimum absolute atomic E-state index is 0.0635. The number of carbonyl (C=O) groups excluding carboxylic acids is 1. The fourth-order valence-corrected chi connectivity index (χ4v) is 4.33. The van der Waals surface area contributed by atoms with E-state index in [9.17, 15) is 13.2 Å². The Morgan fingerprint density at radius 3 is 2.37 bits per heavy atom. The molecule has 2 heterocycles. The number of nitrogens with zero attached hydrogens (tertiary/aromatic N) is 2. The molecule has 1 aliphatic rings. The van der Waals surface area contributed by atoms with Crippen LogP contribution in [0.5, 0.6) is 0 Å². The zero-order valence-corrected chi connectivity index (χ0v) is 16.1. The molecule has 0 radical (unpaired) electrons. The molecule has 1 aromatic heterocycles. The van der Waals surface area contributed by atoms with Gasteiger partial charge in [-0.25, -0.2) is 12.7 Å². The van der Waals surface area contributed by atoms with Crippen LogP contribution in [0.15, 0.2) is 54.9 Å². The molecule has 7 nitrogen and oxygen atoms in total. The first kappa shape index (κ1) is 19.3. The molecule has 1 amide bonds. The number of anilines is 2. The van der Waals surface area contributed by atoms with Crippen LogP contribution in [0.3, 0.4) is 0 Å². The lowest BCUT2D eigenvalue weighted by atomic mass is 9.86. The van der Waals surface area contributed by atoms with E-state index in [1.807, 2.05) is 30.3 Å². The first-order chi connectivity index (χ1) is 13.0. The zero-order valence-electron chi connectivity index (χ0n) is 15.3. The van der Waals surface area contributed by atoms with Crippen LogP contribution in [0.4, 0.5) is 11.4 Å². The molecule has 0 aliphatic carbocycles. The first-order valence-corrected chi connectivity index (χ1v) is 10.6. The Labute approximate surface area is 159 Å². The van der Waals surface area contributed by atoms with Crippen LogP contribution in [0.2, 0.25) is 0 Å². The van der Waals surface area contributed by atoms with E-state index in [0.717, 1.165) is 5.69 Å². The Bertz CT molecular complexity index is 864. The standard InChI is InChI=1S/C19H24N4O3S/c1-2-27(25,26)23-13-10-19(11-14-23,22-16-7-4-3-5-8-16)18(24)21-17-9-6-12-20-15-17/h3-9,12,15,22H,2,10-11,13-14H2,1H3,(H,21,24). The van der Waals surface area contributed by atoms with Crippen LogP contribution in [0.1, 0.15) is 19.8 Å². The van der Waals surface area contributed by atoms with Crippen molar-refractivity contribution in [3.05, 3.63) is 54.9 Å². The quantitative estimate of drug-likeness (QED) is 0.792. The van der Waals surface area contributed by atoms with E-state index in [4.69, 9.17) is 0 Å². The second kappa shape index (κ2) is 8.06. The number of hydrogen-bond donors (Lipinski definition) is 2. The van der Waals surface area contributed by atoms with Crippen LogP contribution < -0.4 is 10.6 Å². The van der Waals surface area contributed by atoms with Crippen LogP contribution in [0.25, 0.3) is 0 Å². The molecule has 1 aromatic carbocycles. The summed E-state index contributed by atoms with van der Waals surface area (Å²) in [6.45, 7) is 2.24. The maximum atomic E-state index is 13.2. The largest absolute Gasteiger partial charge is 0.371 e. The molecule has 144 valence electrons. The number of hydrogen-bond acceptors (Lipinski definition) is 5. The van der Waals surface area contributed by atoms with Crippen molar-refractivity contribution < 1.29 is 13.2 Å². The van der Waals surface area contributed by atoms with Gasteiger partial charge in [0.15, 0.2) is 0 Å².